The summed E-state index contributed by atoms with van der Waals surface area (Å²) in [4.78, 5) is 11.6. The van der Waals surface area contributed by atoms with Crippen LogP contribution < -0.4 is 19.5 Å². The van der Waals surface area contributed by atoms with Gasteiger partial charge in [-0.05, 0) is 48.9 Å². The Morgan fingerprint density at radius 1 is 1.04 bits per heavy atom. The van der Waals surface area contributed by atoms with Crippen molar-refractivity contribution in [1.82, 2.24) is 10.0 Å². The van der Waals surface area contributed by atoms with Gasteiger partial charge in [0.15, 0.2) is 11.5 Å². The average molecular weight is 376 g/mol. The van der Waals surface area contributed by atoms with Gasteiger partial charge in [-0.3, -0.25) is 4.79 Å². The van der Waals surface area contributed by atoms with Gasteiger partial charge in [0.05, 0.1) is 4.90 Å². The summed E-state index contributed by atoms with van der Waals surface area (Å²) in [5.41, 5.74) is 1.16. The fraction of sp³-hybridized carbons (Fsp3) is 0.278. The number of benzene rings is 2. The molecule has 0 saturated carbocycles. The molecule has 0 fully saturated rings. The molecule has 0 unspecified atom stereocenters. The Balaban J connectivity index is 1.77. The molecule has 2 aromatic carbocycles. The molecule has 1 heterocycles. The third-order valence-electron chi connectivity index (χ3n) is 4.05. The predicted molar refractivity (Wildman–Crippen MR) is 96.0 cm³/mol. The van der Waals surface area contributed by atoms with E-state index in [1.807, 2.05) is 0 Å². The van der Waals surface area contributed by atoms with Crippen molar-refractivity contribution in [3.63, 3.8) is 0 Å². The van der Waals surface area contributed by atoms with E-state index in [9.17, 15) is 13.2 Å². The smallest absolute Gasteiger partial charge is 0.251 e. The lowest BCUT2D eigenvalue weighted by molar-refractivity contribution is 0.0963. The first kappa shape index (κ1) is 18.2. The van der Waals surface area contributed by atoms with E-state index < -0.39 is 16.1 Å². The zero-order valence-corrected chi connectivity index (χ0v) is 15.3. The minimum Gasteiger partial charge on any atom is -0.486 e. The van der Waals surface area contributed by atoms with Crippen LogP contribution in [-0.2, 0) is 10.0 Å². The van der Waals surface area contributed by atoms with Gasteiger partial charge in [-0.15, -0.1) is 0 Å². The van der Waals surface area contributed by atoms with Crippen LogP contribution in [0, 0.1) is 0 Å². The maximum Gasteiger partial charge on any atom is 0.251 e. The van der Waals surface area contributed by atoms with Crippen LogP contribution in [0.3, 0.4) is 0 Å². The van der Waals surface area contributed by atoms with Gasteiger partial charge in [0.2, 0.25) is 10.0 Å². The third kappa shape index (κ3) is 3.81. The van der Waals surface area contributed by atoms with Gasteiger partial charge in [0.1, 0.15) is 13.2 Å². The van der Waals surface area contributed by atoms with Crippen molar-refractivity contribution in [3.8, 4) is 11.5 Å². The van der Waals surface area contributed by atoms with E-state index in [1.54, 1.807) is 25.1 Å². The van der Waals surface area contributed by atoms with E-state index in [0.29, 0.717) is 30.3 Å². The van der Waals surface area contributed by atoms with Gasteiger partial charge in [0, 0.05) is 18.7 Å². The van der Waals surface area contributed by atoms with Crippen molar-refractivity contribution >= 4 is 15.9 Å². The molecule has 26 heavy (non-hydrogen) atoms. The van der Waals surface area contributed by atoms with Crippen molar-refractivity contribution < 1.29 is 22.7 Å². The Labute approximate surface area is 152 Å². The summed E-state index contributed by atoms with van der Waals surface area (Å²) in [6.07, 6.45) is 0. The maximum absolute atomic E-state index is 12.6. The Bertz CT molecular complexity index is 910. The lowest BCUT2D eigenvalue weighted by Gasteiger charge is -2.21. The fourth-order valence-electron chi connectivity index (χ4n) is 2.63. The predicted octanol–water partition coefficient (Wildman–Crippen LogP) is 1.86. The van der Waals surface area contributed by atoms with Crippen LogP contribution in [0.5, 0.6) is 11.5 Å². The molecule has 0 aliphatic carbocycles. The molecular formula is C18H20N2O5S. The van der Waals surface area contributed by atoms with E-state index in [1.165, 1.54) is 31.3 Å². The van der Waals surface area contributed by atoms with Crippen LogP contribution in [-0.4, -0.2) is 34.6 Å². The molecule has 0 radical (unpaired) electrons. The highest BCUT2D eigenvalue weighted by atomic mass is 32.2. The largest absolute Gasteiger partial charge is 0.486 e. The molecule has 7 nitrogen and oxygen atoms in total. The number of hydrogen-bond acceptors (Lipinski definition) is 5. The molecule has 0 spiro atoms. The molecule has 8 heteroatoms. The zero-order valence-electron chi connectivity index (χ0n) is 14.5. The number of sulfonamides is 1. The highest BCUT2D eigenvalue weighted by Crippen LogP contribution is 2.32. The Morgan fingerprint density at radius 2 is 1.69 bits per heavy atom. The Morgan fingerprint density at radius 3 is 2.35 bits per heavy atom. The van der Waals surface area contributed by atoms with Gasteiger partial charge >= 0.3 is 0 Å². The first-order chi connectivity index (χ1) is 12.4. The molecule has 138 valence electrons. The number of fused-ring (bicyclic) bond motifs is 1. The van der Waals surface area contributed by atoms with E-state index in [0.717, 1.165) is 5.56 Å². The second-order valence-corrected chi connectivity index (χ2v) is 7.56. The topological polar surface area (TPSA) is 93.7 Å². The summed E-state index contributed by atoms with van der Waals surface area (Å²) in [5.74, 6) is 0.987. The summed E-state index contributed by atoms with van der Waals surface area (Å²) in [7, 11) is -2.21. The van der Waals surface area contributed by atoms with Crippen LogP contribution in [0.15, 0.2) is 47.4 Å². The van der Waals surface area contributed by atoms with Crippen molar-refractivity contribution in [3.05, 3.63) is 53.6 Å². The van der Waals surface area contributed by atoms with Crippen molar-refractivity contribution in [2.75, 3.05) is 20.3 Å². The molecular weight excluding hydrogens is 356 g/mol. The third-order valence-corrected chi connectivity index (χ3v) is 5.61. The van der Waals surface area contributed by atoms with Crippen LogP contribution >= 0.6 is 0 Å². The molecule has 0 bridgehead atoms. The summed E-state index contributed by atoms with van der Waals surface area (Å²) in [5, 5.41) is 2.49. The average Bonchev–Trinajstić information content (AvgIpc) is 2.66. The first-order valence-corrected chi connectivity index (χ1v) is 9.63. The van der Waals surface area contributed by atoms with Gasteiger partial charge in [0.25, 0.3) is 5.91 Å². The molecule has 2 aromatic rings. The summed E-state index contributed by atoms with van der Waals surface area (Å²) in [6.45, 7) is 2.72. The number of rotatable bonds is 5. The second-order valence-electron chi connectivity index (χ2n) is 5.85. The van der Waals surface area contributed by atoms with Crippen LogP contribution in [0.2, 0.25) is 0 Å². The second kappa shape index (κ2) is 7.35. The molecule has 1 aliphatic rings. The van der Waals surface area contributed by atoms with E-state index in [2.05, 4.69) is 10.0 Å². The number of carbonyl (C=O) groups excluding carboxylic acids is 1. The van der Waals surface area contributed by atoms with Crippen molar-refractivity contribution in [2.24, 2.45) is 0 Å². The monoisotopic (exact) mass is 376 g/mol. The fourth-order valence-corrected chi connectivity index (χ4v) is 3.86. The quantitative estimate of drug-likeness (QED) is 0.831. The lowest BCUT2D eigenvalue weighted by Crippen LogP contribution is -2.27. The van der Waals surface area contributed by atoms with Crippen LogP contribution in [0.4, 0.5) is 0 Å². The number of amides is 1. The van der Waals surface area contributed by atoms with Gasteiger partial charge in [-0.1, -0.05) is 6.07 Å². The van der Waals surface area contributed by atoms with E-state index in [4.69, 9.17) is 9.47 Å². The van der Waals surface area contributed by atoms with Gasteiger partial charge in [-0.25, -0.2) is 13.1 Å². The number of nitrogens with one attached hydrogen (secondary N) is 2. The molecule has 1 atom stereocenters. The SMILES string of the molecule is CNC(=O)c1ccc(S(=O)(=O)N[C@H](C)c2ccc3c(c2)OCCO3)cc1. The molecule has 2 N–H and O–H groups in total. The highest BCUT2D eigenvalue weighted by Gasteiger charge is 2.21. The first-order valence-electron chi connectivity index (χ1n) is 8.15. The van der Waals surface area contributed by atoms with E-state index in [-0.39, 0.29) is 10.8 Å². The standard InChI is InChI=1S/C18H20N2O5S/c1-12(14-5-8-16-17(11-14)25-10-9-24-16)20-26(22,23)15-6-3-13(4-7-15)18(21)19-2/h3-8,11-12,20H,9-10H2,1-2H3,(H,19,21)/t12-/m1/s1. The maximum atomic E-state index is 12.6. The summed E-state index contributed by atoms with van der Waals surface area (Å²) < 4.78 is 38.8. The Hall–Kier alpha value is -2.58. The number of hydrogen-bond donors (Lipinski definition) is 2. The molecule has 0 aromatic heterocycles. The number of ether oxygens (including phenoxy) is 2. The minimum absolute atomic E-state index is 0.0922. The molecule has 1 amide bonds. The lowest BCUT2D eigenvalue weighted by atomic mass is 10.1. The van der Waals surface area contributed by atoms with Crippen LogP contribution in [0.1, 0.15) is 28.9 Å². The van der Waals surface area contributed by atoms with E-state index >= 15 is 0 Å². The normalized spacial score (nSPS) is 14.5. The van der Waals surface area contributed by atoms with Crippen molar-refractivity contribution in [2.45, 2.75) is 17.9 Å². The summed E-state index contributed by atoms with van der Waals surface area (Å²) >= 11 is 0. The molecule has 0 saturated heterocycles. The van der Waals surface area contributed by atoms with Crippen LogP contribution in [0.25, 0.3) is 0 Å². The summed E-state index contributed by atoms with van der Waals surface area (Å²) in [6, 6.07) is 10.6. The van der Waals surface area contributed by atoms with Crippen molar-refractivity contribution in [1.29, 1.82) is 0 Å². The van der Waals surface area contributed by atoms with Gasteiger partial charge in [-0.2, -0.15) is 0 Å². The van der Waals surface area contributed by atoms with Gasteiger partial charge < -0.3 is 14.8 Å². The molecule has 3 rings (SSSR count). The zero-order chi connectivity index (χ0) is 18.7. The number of carbonyl (C=O) groups is 1. The Kier molecular flexibility index (Phi) is 5.15. The molecule has 1 aliphatic heterocycles. The minimum atomic E-state index is -3.73. The highest BCUT2D eigenvalue weighted by molar-refractivity contribution is 7.89.